The van der Waals surface area contributed by atoms with Crippen LogP contribution in [0.15, 0.2) is 58.3 Å². The maximum atomic E-state index is 13.0. The number of hydrogen-bond acceptors (Lipinski definition) is 10. The summed E-state index contributed by atoms with van der Waals surface area (Å²) in [6.45, 7) is 5.02. The summed E-state index contributed by atoms with van der Waals surface area (Å²) in [7, 11) is 0. The van der Waals surface area contributed by atoms with Gasteiger partial charge in [-0.05, 0) is 60.1 Å². The zero-order valence-electron chi connectivity index (χ0n) is 19.2. The van der Waals surface area contributed by atoms with E-state index < -0.39 is 5.91 Å². The Hall–Kier alpha value is -4.74. The van der Waals surface area contributed by atoms with E-state index in [9.17, 15) is 4.79 Å². The van der Waals surface area contributed by atoms with Gasteiger partial charge in [0.2, 0.25) is 11.6 Å². The van der Waals surface area contributed by atoms with E-state index in [2.05, 4.69) is 31.2 Å². The lowest BCUT2D eigenvalue weighted by Gasteiger charge is -2.08. The van der Waals surface area contributed by atoms with E-state index in [-0.39, 0.29) is 17.3 Å². The molecule has 0 aliphatic heterocycles. The highest BCUT2D eigenvalue weighted by molar-refractivity contribution is 5.99. The van der Waals surface area contributed by atoms with Gasteiger partial charge in [-0.2, -0.15) is 9.78 Å². The van der Waals surface area contributed by atoms with Crippen LogP contribution in [0.1, 0.15) is 36.3 Å². The summed E-state index contributed by atoms with van der Waals surface area (Å²) in [5.74, 6) is 0.862. The van der Waals surface area contributed by atoms with Crippen LogP contribution in [-0.2, 0) is 0 Å². The van der Waals surface area contributed by atoms with Gasteiger partial charge in [0, 0.05) is 11.1 Å². The largest absolute Gasteiger partial charge is 0.494 e. The number of hydrogen-bond donors (Lipinski definition) is 2. The van der Waals surface area contributed by atoms with Crippen LogP contribution in [0.4, 0.5) is 5.82 Å². The molecule has 1 amide bonds. The van der Waals surface area contributed by atoms with E-state index in [0.717, 1.165) is 6.42 Å². The molecule has 0 fully saturated rings. The summed E-state index contributed by atoms with van der Waals surface area (Å²) in [5.41, 5.74) is 10.0. The molecule has 2 heterocycles. The first-order valence-corrected chi connectivity index (χ1v) is 10.9. The smallest absolute Gasteiger partial charge is 0.294 e. The van der Waals surface area contributed by atoms with Gasteiger partial charge in [0.15, 0.2) is 5.69 Å². The Morgan fingerprint density at radius 3 is 2.66 bits per heavy atom. The summed E-state index contributed by atoms with van der Waals surface area (Å²) >= 11 is 0. The first-order chi connectivity index (χ1) is 17.1. The lowest BCUT2D eigenvalue weighted by atomic mass is 10.1. The fourth-order valence-electron chi connectivity index (χ4n) is 3.20. The third-order valence-corrected chi connectivity index (χ3v) is 4.77. The molecule has 0 aliphatic carbocycles. The van der Waals surface area contributed by atoms with Crippen LogP contribution in [0.5, 0.6) is 11.5 Å². The number of para-hydroxylation sites is 1. The second kappa shape index (κ2) is 10.9. The minimum Gasteiger partial charge on any atom is -0.494 e. The van der Waals surface area contributed by atoms with E-state index in [1.54, 1.807) is 24.3 Å². The molecule has 180 valence electrons. The van der Waals surface area contributed by atoms with Crippen molar-refractivity contribution in [3.05, 3.63) is 59.8 Å². The van der Waals surface area contributed by atoms with Crippen LogP contribution in [0, 0.1) is 0 Å². The van der Waals surface area contributed by atoms with Crippen molar-refractivity contribution in [3.8, 4) is 28.6 Å². The van der Waals surface area contributed by atoms with E-state index in [1.165, 1.54) is 10.9 Å². The monoisotopic (exact) mass is 476 g/mol. The molecule has 0 saturated heterocycles. The molecule has 35 heavy (non-hydrogen) atoms. The van der Waals surface area contributed by atoms with Gasteiger partial charge in [0.1, 0.15) is 17.2 Å². The molecule has 0 bridgehead atoms. The number of nitrogens with zero attached hydrogens (tertiary/aromatic N) is 6. The zero-order valence-corrected chi connectivity index (χ0v) is 19.2. The van der Waals surface area contributed by atoms with Crippen LogP contribution in [0.2, 0.25) is 0 Å². The number of nitrogen functional groups attached to an aromatic ring is 1. The number of nitrogens with two attached hydrogens (primary N) is 1. The first kappa shape index (κ1) is 23.4. The fraction of sp³-hybridized carbons (Fsp3) is 0.217. The molecule has 4 aromatic rings. The fourth-order valence-corrected chi connectivity index (χ4v) is 3.20. The van der Waals surface area contributed by atoms with Crippen LogP contribution in [-0.4, -0.2) is 50.6 Å². The SMILES string of the molecule is CCCOc1ccc(-c2c(C(=O)N/N=C\c3ccccc3OCC)nnn2-c2nonc2N)cc1. The summed E-state index contributed by atoms with van der Waals surface area (Å²) in [5, 5.41) is 19.5. The van der Waals surface area contributed by atoms with Crippen molar-refractivity contribution in [2.45, 2.75) is 20.3 Å². The van der Waals surface area contributed by atoms with Crippen molar-refractivity contribution in [2.24, 2.45) is 5.10 Å². The van der Waals surface area contributed by atoms with Gasteiger partial charge in [-0.15, -0.1) is 5.10 Å². The van der Waals surface area contributed by atoms with Crippen LogP contribution in [0.3, 0.4) is 0 Å². The van der Waals surface area contributed by atoms with E-state index in [4.69, 9.17) is 19.8 Å². The van der Waals surface area contributed by atoms with Crippen molar-refractivity contribution < 1.29 is 18.9 Å². The molecule has 0 atom stereocenters. The number of carbonyl (C=O) groups is 1. The second-order valence-corrected chi connectivity index (χ2v) is 7.21. The Morgan fingerprint density at radius 1 is 1.14 bits per heavy atom. The molecule has 12 nitrogen and oxygen atoms in total. The topological polar surface area (TPSA) is 156 Å². The first-order valence-electron chi connectivity index (χ1n) is 10.9. The maximum Gasteiger partial charge on any atom is 0.294 e. The van der Waals surface area contributed by atoms with Gasteiger partial charge in [0.25, 0.3) is 5.91 Å². The molecule has 2 aromatic heterocycles. The predicted octanol–water partition coefficient (Wildman–Crippen LogP) is 2.85. The Kier molecular flexibility index (Phi) is 7.31. The zero-order chi connectivity index (χ0) is 24.6. The summed E-state index contributed by atoms with van der Waals surface area (Å²) in [6.07, 6.45) is 2.38. The van der Waals surface area contributed by atoms with E-state index in [1.807, 2.05) is 38.1 Å². The van der Waals surface area contributed by atoms with Crippen LogP contribution < -0.4 is 20.6 Å². The third kappa shape index (κ3) is 5.27. The molecule has 0 radical (unpaired) electrons. The van der Waals surface area contributed by atoms with Gasteiger partial charge >= 0.3 is 0 Å². The average Bonchev–Trinajstić information content (AvgIpc) is 3.50. The molecular weight excluding hydrogens is 452 g/mol. The lowest BCUT2D eigenvalue weighted by Crippen LogP contribution is -2.19. The second-order valence-electron chi connectivity index (χ2n) is 7.21. The molecular formula is C23H24N8O4. The van der Waals surface area contributed by atoms with Crippen molar-refractivity contribution in [1.29, 1.82) is 0 Å². The number of rotatable bonds is 10. The predicted molar refractivity (Wildman–Crippen MR) is 128 cm³/mol. The lowest BCUT2D eigenvalue weighted by molar-refractivity contribution is 0.0950. The van der Waals surface area contributed by atoms with Crippen LogP contribution >= 0.6 is 0 Å². The standard InChI is InChI=1S/C23H24N8O4/c1-3-13-34-17-11-9-15(10-12-17)20-19(26-30-31(20)22-21(24)28-35-29-22)23(32)27-25-14-16-7-5-6-8-18(16)33-4-2/h5-12,14H,3-4,13H2,1-2H3,(H2,24,28)(H,27,32)/b25-14-. The van der Waals surface area contributed by atoms with Crippen molar-refractivity contribution in [3.63, 3.8) is 0 Å². The highest BCUT2D eigenvalue weighted by Crippen LogP contribution is 2.28. The number of anilines is 1. The van der Waals surface area contributed by atoms with Gasteiger partial charge in [-0.1, -0.05) is 24.3 Å². The van der Waals surface area contributed by atoms with Crippen molar-refractivity contribution >= 4 is 17.9 Å². The van der Waals surface area contributed by atoms with E-state index in [0.29, 0.717) is 41.5 Å². The van der Waals surface area contributed by atoms with Gasteiger partial charge in [-0.3, -0.25) is 4.79 Å². The van der Waals surface area contributed by atoms with Gasteiger partial charge in [0.05, 0.1) is 19.4 Å². The molecule has 0 aliphatic rings. The highest BCUT2D eigenvalue weighted by atomic mass is 16.6. The number of amides is 1. The Labute approximate surface area is 200 Å². The number of benzene rings is 2. The summed E-state index contributed by atoms with van der Waals surface area (Å²) in [6, 6.07) is 14.5. The van der Waals surface area contributed by atoms with Crippen molar-refractivity contribution in [1.82, 2.24) is 30.7 Å². The summed E-state index contributed by atoms with van der Waals surface area (Å²) in [4.78, 5) is 13.0. The molecule has 3 N–H and O–H groups in total. The highest BCUT2D eigenvalue weighted by Gasteiger charge is 2.25. The number of nitrogens with one attached hydrogen (secondary N) is 1. The Balaban J connectivity index is 1.64. The Bertz CT molecular complexity index is 1310. The van der Waals surface area contributed by atoms with Crippen LogP contribution in [0.25, 0.3) is 17.1 Å². The molecule has 0 unspecified atom stereocenters. The number of ether oxygens (including phenoxy) is 2. The molecule has 0 saturated carbocycles. The summed E-state index contributed by atoms with van der Waals surface area (Å²) < 4.78 is 17.2. The molecule has 2 aromatic carbocycles. The molecule has 0 spiro atoms. The normalized spacial score (nSPS) is 11.0. The third-order valence-electron chi connectivity index (χ3n) is 4.77. The minimum absolute atomic E-state index is 0.00319. The number of carbonyl (C=O) groups excluding carboxylic acids is 1. The molecule has 12 heteroatoms. The Morgan fingerprint density at radius 2 is 1.94 bits per heavy atom. The average molecular weight is 476 g/mol. The minimum atomic E-state index is -0.585. The maximum absolute atomic E-state index is 13.0. The van der Waals surface area contributed by atoms with Gasteiger partial charge < -0.3 is 15.2 Å². The molecule has 4 rings (SSSR count). The van der Waals surface area contributed by atoms with E-state index >= 15 is 0 Å². The number of aromatic nitrogens is 5. The quantitative estimate of drug-likeness (QED) is 0.259. The van der Waals surface area contributed by atoms with Crippen molar-refractivity contribution in [2.75, 3.05) is 18.9 Å². The van der Waals surface area contributed by atoms with Gasteiger partial charge in [-0.25, -0.2) is 10.1 Å². The number of hydrazone groups is 1.